The van der Waals surface area contributed by atoms with Crippen molar-refractivity contribution in [3.63, 3.8) is 0 Å². The maximum Gasteiger partial charge on any atom is 0.338 e. The van der Waals surface area contributed by atoms with E-state index in [0.29, 0.717) is 11.3 Å². The molecule has 0 aliphatic carbocycles. The van der Waals surface area contributed by atoms with Crippen LogP contribution in [-0.4, -0.2) is 38.8 Å². The third-order valence-corrected chi connectivity index (χ3v) is 5.50. The van der Waals surface area contributed by atoms with Crippen LogP contribution in [0.15, 0.2) is 64.5 Å². The Balaban J connectivity index is 1.63. The van der Waals surface area contributed by atoms with Crippen molar-refractivity contribution in [2.75, 3.05) is 11.9 Å². The molecule has 2 aromatic carbocycles. The van der Waals surface area contributed by atoms with Crippen LogP contribution < -0.4 is 10.9 Å². The fourth-order valence-electron chi connectivity index (χ4n) is 2.85. The van der Waals surface area contributed by atoms with E-state index in [0.717, 1.165) is 17.3 Å². The first-order chi connectivity index (χ1) is 15.4. The van der Waals surface area contributed by atoms with Crippen LogP contribution in [0.3, 0.4) is 0 Å². The lowest BCUT2D eigenvalue weighted by Crippen LogP contribution is -2.23. The number of nitrogens with one attached hydrogen (secondary N) is 2. The van der Waals surface area contributed by atoms with Crippen molar-refractivity contribution in [1.29, 1.82) is 0 Å². The molecule has 1 atom stereocenters. The van der Waals surface area contributed by atoms with Crippen molar-refractivity contribution in [3.8, 4) is 5.88 Å². The summed E-state index contributed by atoms with van der Waals surface area (Å²) in [4.78, 5) is 43.3. The third-order valence-electron chi connectivity index (χ3n) is 4.52. The summed E-state index contributed by atoms with van der Waals surface area (Å²) < 4.78 is 4.93. The number of aromatic nitrogens is 2. The van der Waals surface area contributed by atoms with Gasteiger partial charge in [-0.1, -0.05) is 42.1 Å². The van der Waals surface area contributed by atoms with Crippen molar-refractivity contribution in [2.45, 2.75) is 30.7 Å². The number of anilines is 1. The first-order valence-electron chi connectivity index (χ1n) is 9.98. The minimum Gasteiger partial charge on any atom is -0.493 e. The standard InChI is InChI=1S/C23H23N3O5S/c1-3-31-22(30)16-9-11-17(12-10-16)24-19(27)14(2)32-23-25-20(28)18(21(29)26-23)13-15-7-5-4-6-8-15/h4-12,14H,3,13H2,1-2H3,(H,24,27)(H2,25,26,28,29)/t14-/m0/s1. The number of aromatic hydroxyl groups is 1. The molecular formula is C23H23N3O5S. The van der Waals surface area contributed by atoms with Gasteiger partial charge in [-0.15, -0.1) is 0 Å². The summed E-state index contributed by atoms with van der Waals surface area (Å²) >= 11 is 1.02. The molecule has 3 N–H and O–H groups in total. The Morgan fingerprint density at radius 3 is 2.47 bits per heavy atom. The Bertz CT molecular complexity index is 1150. The van der Waals surface area contributed by atoms with Crippen LogP contribution in [0.1, 0.15) is 35.3 Å². The fraction of sp³-hybridized carbons (Fsp3) is 0.217. The summed E-state index contributed by atoms with van der Waals surface area (Å²) in [5.41, 5.74) is 1.49. The normalized spacial score (nSPS) is 11.6. The molecule has 0 saturated carbocycles. The highest BCUT2D eigenvalue weighted by Crippen LogP contribution is 2.23. The molecule has 1 heterocycles. The van der Waals surface area contributed by atoms with Crippen LogP contribution in [0, 0.1) is 0 Å². The zero-order chi connectivity index (χ0) is 23.1. The number of aromatic amines is 1. The van der Waals surface area contributed by atoms with Crippen molar-refractivity contribution in [3.05, 3.63) is 81.6 Å². The number of esters is 1. The van der Waals surface area contributed by atoms with E-state index in [4.69, 9.17) is 4.74 Å². The average Bonchev–Trinajstić information content (AvgIpc) is 2.77. The minimum atomic E-state index is -0.609. The van der Waals surface area contributed by atoms with Crippen LogP contribution >= 0.6 is 11.8 Å². The van der Waals surface area contributed by atoms with Crippen LogP contribution in [-0.2, 0) is 16.0 Å². The zero-order valence-electron chi connectivity index (χ0n) is 17.6. The molecule has 9 heteroatoms. The van der Waals surface area contributed by atoms with E-state index in [1.807, 2.05) is 30.3 Å². The molecule has 1 aromatic heterocycles. The molecule has 0 bridgehead atoms. The summed E-state index contributed by atoms with van der Waals surface area (Å²) in [7, 11) is 0. The number of hydrogen-bond acceptors (Lipinski definition) is 7. The van der Waals surface area contributed by atoms with E-state index in [9.17, 15) is 19.5 Å². The molecular weight excluding hydrogens is 430 g/mol. The SMILES string of the molecule is CCOC(=O)c1ccc(NC(=O)[C@H](C)Sc2nc(O)c(Cc3ccccc3)c(=O)[nH]2)cc1. The highest BCUT2D eigenvalue weighted by Gasteiger charge is 2.19. The van der Waals surface area contributed by atoms with Crippen molar-refractivity contribution in [1.82, 2.24) is 9.97 Å². The second-order valence-corrected chi connectivity index (χ2v) is 8.21. The number of rotatable bonds is 8. The molecule has 166 valence electrons. The van der Waals surface area contributed by atoms with Gasteiger partial charge in [-0.05, 0) is 43.7 Å². The van der Waals surface area contributed by atoms with Gasteiger partial charge in [0.05, 0.1) is 23.0 Å². The number of carbonyl (C=O) groups is 2. The smallest absolute Gasteiger partial charge is 0.338 e. The van der Waals surface area contributed by atoms with Crippen molar-refractivity contribution in [2.24, 2.45) is 0 Å². The van der Waals surface area contributed by atoms with Gasteiger partial charge in [-0.25, -0.2) is 4.79 Å². The Morgan fingerprint density at radius 2 is 1.84 bits per heavy atom. The molecule has 0 unspecified atom stereocenters. The maximum absolute atomic E-state index is 12.5. The Morgan fingerprint density at radius 1 is 1.16 bits per heavy atom. The van der Waals surface area contributed by atoms with Gasteiger partial charge in [-0.3, -0.25) is 9.59 Å². The summed E-state index contributed by atoms with van der Waals surface area (Å²) in [6.45, 7) is 3.66. The second-order valence-electron chi connectivity index (χ2n) is 6.88. The number of ether oxygens (including phenoxy) is 1. The number of carbonyl (C=O) groups excluding carboxylic acids is 2. The topological polar surface area (TPSA) is 121 Å². The summed E-state index contributed by atoms with van der Waals surface area (Å²) in [6.07, 6.45) is 0.248. The van der Waals surface area contributed by atoms with Gasteiger partial charge in [0.1, 0.15) is 0 Å². The molecule has 0 saturated heterocycles. The molecule has 3 rings (SSSR count). The van der Waals surface area contributed by atoms with Crippen molar-refractivity contribution >= 4 is 29.3 Å². The molecule has 0 aliphatic rings. The first kappa shape index (κ1) is 23.1. The van der Waals surface area contributed by atoms with Gasteiger partial charge in [0.2, 0.25) is 11.8 Å². The molecule has 8 nitrogen and oxygen atoms in total. The van der Waals surface area contributed by atoms with E-state index >= 15 is 0 Å². The number of amides is 1. The summed E-state index contributed by atoms with van der Waals surface area (Å²) in [6, 6.07) is 15.6. The molecule has 0 aliphatic heterocycles. The van der Waals surface area contributed by atoms with Crippen molar-refractivity contribution < 1.29 is 19.4 Å². The lowest BCUT2D eigenvalue weighted by atomic mass is 10.1. The zero-order valence-corrected chi connectivity index (χ0v) is 18.4. The Kier molecular flexibility index (Phi) is 7.67. The monoisotopic (exact) mass is 453 g/mol. The van der Waals surface area contributed by atoms with E-state index < -0.39 is 16.8 Å². The van der Waals surface area contributed by atoms with E-state index in [1.165, 1.54) is 0 Å². The molecule has 32 heavy (non-hydrogen) atoms. The summed E-state index contributed by atoms with van der Waals surface area (Å²) in [5.74, 6) is -1.11. The predicted octanol–water partition coefficient (Wildman–Crippen LogP) is 3.36. The van der Waals surface area contributed by atoms with Crippen LogP contribution in [0.4, 0.5) is 5.69 Å². The van der Waals surface area contributed by atoms with E-state index in [-0.39, 0.29) is 35.5 Å². The Labute approximate surface area is 189 Å². The van der Waals surface area contributed by atoms with E-state index in [1.54, 1.807) is 38.1 Å². The largest absolute Gasteiger partial charge is 0.493 e. The molecule has 3 aromatic rings. The molecule has 1 amide bonds. The second kappa shape index (κ2) is 10.6. The van der Waals surface area contributed by atoms with Crippen LogP contribution in [0.5, 0.6) is 5.88 Å². The van der Waals surface area contributed by atoms with Gasteiger partial charge < -0.3 is 20.1 Å². The van der Waals surface area contributed by atoms with Gasteiger partial charge >= 0.3 is 5.97 Å². The van der Waals surface area contributed by atoms with Gasteiger partial charge in [0.25, 0.3) is 5.56 Å². The highest BCUT2D eigenvalue weighted by molar-refractivity contribution is 8.00. The lowest BCUT2D eigenvalue weighted by molar-refractivity contribution is -0.115. The van der Waals surface area contributed by atoms with Crippen LogP contribution in [0.25, 0.3) is 0 Å². The molecule has 0 spiro atoms. The van der Waals surface area contributed by atoms with Gasteiger partial charge in [0, 0.05) is 12.1 Å². The Hall–Kier alpha value is -3.59. The first-order valence-corrected chi connectivity index (χ1v) is 10.9. The van der Waals surface area contributed by atoms with Crippen LogP contribution in [0.2, 0.25) is 0 Å². The predicted molar refractivity (Wildman–Crippen MR) is 122 cm³/mol. The lowest BCUT2D eigenvalue weighted by Gasteiger charge is -2.12. The number of nitrogens with zero attached hydrogens (tertiary/aromatic N) is 1. The number of hydrogen-bond donors (Lipinski definition) is 3. The maximum atomic E-state index is 12.5. The number of H-pyrrole nitrogens is 1. The molecule has 0 radical (unpaired) electrons. The number of thioether (sulfide) groups is 1. The number of benzene rings is 2. The highest BCUT2D eigenvalue weighted by atomic mass is 32.2. The fourth-order valence-corrected chi connectivity index (χ4v) is 3.64. The third kappa shape index (κ3) is 5.98. The van der Waals surface area contributed by atoms with Gasteiger partial charge in [0.15, 0.2) is 5.16 Å². The minimum absolute atomic E-state index is 0.143. The quantitative estimate of drug-likeness (QED) is 0.272. The van der Waals surface area contributed by atoms with Gasteiger partial charge in [-0.2, -0.15) is 4.98 Å². The summed E-state index contributed by atoms with van der Waals surface area (Å²) in [5, 5.41) is 12.5. The average molecular weight is 454 g/mol. The molecule has 0 fully saturated rings. The van der Waals surface area contributed by atoms with E-state index in [2.05, 4.69) is 15.3 Å².